The van der Waals surface area contributed by atoms with Crippen LogP contribution in [-0.2, 0) is 4.79 Å². The van der Waals surface area contributed by atoms with Gasteiger partial charge in [0.05, 0.1) is 0 Å². The number of aryl methyl sites for hydroxylation is 1. The zero-order chi connectivity index (χ0) is 15.1. The lowest BCUT2D eigenvalue weighted by molar-refractivity contribution is -0.116. The number of hydrogen-bond donors (Lipinski definition) is 3. The Kier molecular flexibility index (Phi) is 6.52. The molecular formula is C16H26N2O2. The van der Waals surface area contributed by atoms with Crippen LogP contribution in [0.1, 0.15) is 38.7 Å². The first-order valence-electron chi connectivity index (χ1n) is 7.23. The fourth-order valence-corrected chi connectivity index (χ4v) is 2.25. The molecule has 0 fully saturated rings. The van der Waals surface area contributed by atoms with Crippen molar-refractivity contribution in [2.75, 3.05) is 11.9 Å². The second kappa shape index (κ2) is 7.90. The molecule has 1 rings (SSSR count). The van der Waals surface area contributed by atoms with Crippen LogP contribution in [0.4, 0.5) is 5.69 Å². The molecule has 4 nitrogen and oxygen atoms in total. The van der Waals surface area contributed by atoms with Crippen LogP contribution in [-0.4, -0.2) is 17.6 Å². The first-order valence-corrected chi connectivity index (χ1v) is 7.23. The van der Waals surface area contributed by atoms with Crippen LogP contribution in [0.2, 0.25) is 0 Å². The number of nitrogens with one attached hydrogen (secondary N) is 1. The summed E-state index contributed by atoms with van der Waals surface area (Å²) < 4.78 is 0. The molecule has 0 aliphatic carbocycles. The number of rotatable bonds is 7. The Morgan fingerprint density at radius 3 is 2.60 bits per heavy atom. The van der Waals surface area contributed by atoms with Crippen molar-refractivity contribution in [3.05, 3.63) is 23.8 Å². The van der Waals surface area contributed by atoms with Crippen molar-refractivity contribution < 1.29 is 9.90 Å². The highest BCUT2D eigenvalue weighted by Gasteiger charge is 2.14. The SMILES string of the molecule is Cc1ccc(NC(=O)CCC(CCN)C(C)C)cc1O. The quantitative estimate of drug-likeness (QED) is 0.717. The molecule has 20 heavy (non-hydrogen) atoms. The Labute approximate surface area is 121 Å². The number of amides is 1. The van der Waals surface area contributed by atoms with Gasteiger partial charge in [0.2, 0.25) is 5.91 Å². The molecule has 0 aromatic heterocycles. The van der Waals surface area contributed by atoms with Gasteiger partial charge in [0.15, 0.2) is 0 Å². The van der Waals surface area contributed by atoms with Gasteiger partial charge in [0.1, 0.15) is 5.75 Å². The van der Waals surface area contributed by atoms with Gasteiger partial charge in [-0.2, -0.15) is 0 Å². The normalized spacial score (nSPS) is 12.4. The third-order valence-electron chi connectivity index (χ3n) is 3.72. The van der Waals surface area contributed by atoms with Gasteiger partial charge in [-0.1, -0.05) is 19.9 Å². The van der Waals surface area contributed by atoms with E-state index in [1.807, 2.05) is 6.92 Å². The van der Waals surface area contributed by atoms with Gasteiger partial charge in [-0.05, 0) is 49.8 Å². The summed E-state index contributed by atoms with van der Waals surface area (Å²) in [5, 5.41) is 12.4. The summed E-state index contributed by atoms with van der Waals surface area (Å²) >= 11 is 0. The highest BCUT2D eigenvalue weighted by Crippen LogP contribution is 2.23. The van der Waals surface area contributed by atoms with Crippen LogP contribution >= 0.6 is 0 Å². The van der Waals surface area contributed by atoms with E-state index in [1.54, 1.807) is 18.2 Å². The van der Waals surface area contributed by atoms with Crippen molar-refractivity contribution in [2.24, 2.45) is 17.6 Å². The lowest BCUT2D eigenvalue weighted by Crippen LogP contribution is -2.18. The van der Waals surface area contributed by atoms with E-state index in [4.69, 9.17) is 5.73 Å². The van der Waals surface area contributed by atoms with Crippen molar-refractivity contribution in [2.45, 2.75) is 40.0 Å². The summed E-state index contributed by atoms with van der Waals surface area (Å²) in [7, 11) is 0. The number of aromatic hydroxyl groups is 1. The molecule has 1 aromatic carbocycles. The van der Waals surface area contributed by atoms with E-state index in [0.29, 0.717) is 30.5 Å². The van der Waals surface area contributed by atoms with Gasteiger partial charge in [-0.3, -0.25) is 4.79 Å². The first kappa shape index (κ1) is 16.5. The number of phenolic OH excluding ortho intramolecular Hbond substituents is 1. The summed E-state index contributed by atoms with van der Waals surface area (Å²) in [5.41, 5.74) is 7.03. The Morgan fingerprint density at radius 1 is 1.35 bits per heavy atom. The van der Waals surface area contributed by atoms with Crippen molar-refractivity contribution in [1.82, 2.24) is 0 Å². The third-order valence-corrected chi connectivity index (χ3v) is 3.72. The molecule has 1 aromatic rings. The predicted molar refractivity (Wildman–Crippen MR) is 82.7 cm³/mol. The van der Waals surface area contributed by atoms with E-state index in [0.717, 1.165) is 18.4 Å². The lowest BCUT2D eigenvalue weighted by atomic mass is 9.88. The molecule has 0 spiro atoms. The Hall–Kier alpha value is -1.55. The van der Waals surface area contributed by atoms with Gasteiger partial charge in [-0.25, -0.2) is 0 Å². The molecule has 1 atom stereocenters. The molecular weight excluding hydrogens is 252 g/mol. The Bertz CT molecular complexity index is 444. The molecule has 0 radical (unpaired) electrons. The highest BCUT2D eigenvalue weighted by atomic mass is 16.3. The van der Waals surface area contributed by atoms with Gasteiger partial charge >= 0.3 is 0 Å². The molecule has 0 saturated heterocycles. The van der Waals surface area contributed by atoms with Crippen LogP contribution in [0, 0.1) is 18.8 Å². The van der Waals surface area contributed by atoms with Gasteiger partial charge < -0.3 is 16.2 Å². The monoisotopic (exact) mass is 278 g/mol. The van der Waals surface area contributed by atoms with E-state index < -0.39 is 0 Å². The molecule has 0 heterocycles. The largest absolute Gasteiger partial charge is 0.508 e. The average Bonchev–Trinajstić information content (AvgIpc) is 2.38. The molecule has 0 aliphatic heterocycles. The van der Waals surface area contributed by atoms with Crippen LogP contribution in [0.5, 0.6) is 5.75 Å². The maximum atomic E-state index is 11.9. The average molecular weight is 278 g/mol. The maximum absolute atomic E-state index is 11.9. The number of nitrogens with two attached hydrogens (primary N) is 1. The molecule has 4 heteroatoms. The summed E-state index contributed by atoms with van der Waals surface area (Å²) in [6, 6.07) is 5.16. The topological polar surface area (TPSA) is 75.4 Å². The first-order chi connectivity index (χ1) is 9.43. The second-order valence-corrected chi connectivity index (χ2v) is 5.67. The lowest BCUT2D eigenvalue weighted by Gasteiger charge is -2.19. The maximum Gasteiger partial charge on any atom is 0.224 e. The second-order valence-electron chi connectivity index (χ2n) is 5.67. The van der Waals surface area contributed by atoms with Crippen LogP contribution in [0.15, 0.2) is 18.2 Å². The van der Waals surface area contributed by atoms with Crippen molar-refractivity contribution >= 4 is 11.6 Å². The van der Waals surface area contributed by atoms with Crippen molar-refractivity contribution in [3.63, 3.8) is 0 Å². The number of carbonyl (C=O) groups excluding carboxylic acids is 1. The third kappa shape index (κ3) is 5.21. The van der Waals surface area contributed by atoms with E-state index in [-0.39, 0.29) is 11.7 Å². The van der Waals surface area contributed by atoms with E-state index in [9.17, 15) is 9.90 Å². The van der Waals surface area contributed by atoms with Crippen LogP contribution < -0.4 is 11.1 Å². The number of benzene rings is 1. The molecule has 0 saturated carbocycles. The Balaban J connectivity index is 2.48. The standard InChI is InChI=1S/C16H26N2O2/c1-11(2)13(8-9-17)5-7-16(20)18-14-6-4-12(3)15(19)10-14/h4,6,10-11,13,19H,5,7-9,17H2,1-3H3,(H,18,20). The zero-order valence-corrected chi connectivity index (χ0v) is 12.6. The minimum absolute atomic E-state index is 0.0177. The minimum atomic E-state index is -0.0177. The Morgan fingerprint density at radius 2 is 2.05 bits per heavy atom. The number of phenols is 1. The fourth-order valence-electron chi connectivity index (χ4n) is 2.25. The summed E-state index contributed by atoms with van der Waals surface area (Å²) in [4.78, 5) is 11.9. The molecule has 112 valence electrons. The minimum Gasteiger partial charge on any atom is -0.508 e. The summed E-state index contributed by atoms with van der Waals surface area (Å²) in [6.45, 7) is 6.81. The number of carbonyl (C=O) groups is 1. The smallest absolute Gasteiger partial charge is 0.224 e. The van der Waals surface area contributed by atoms with Gasteiger partial charge in [-0.15, -0.1) is 0 Å². The van der Waals surface area contributed by atoms with Crippen molar-refractivity contribution in [1.29, 1.82) is 0 Å². The fraction of sp³-hybridized carbons (Fsp3) is 0.562. The summed E-state index contributed by atoms with van der Waals surface area (Å²) in [5.74, 6) is 1.20. The zero-order valence-electron chi connectivity index (χ0n) is 12.6. The molecule has 1 unspecified atom stereocenters. The van der Waals surface area contributed by atoms with Gasteiger partial charge in [0.25, 0.3) is 0 Å². The predicted octanol–water partition coefficient (Wildman–Crippen LogP) is 3.04. The van der Waals surface area contributed by atoms with Crippen LogP contribution in [0.3, 0.4) is 0 Å². The summed E-state index contributed by atoms with van der Waals surface area (Å²) in [6.07, 6.45) is 2.28. The molecule has 0 aliphatic rings. The molecule has 0 bridgehead atoms. The van der Waals surface area contributed by atoms with Crippen molar-refractivity contribution in [3.8, 4) is 5.75 Å². The van der Waals surface area contributed by atoms with E-state index in [1.165, 1.54) is 0 Å². The van der Waals surface area contributed by atoms with E-state index >= 15 is 0 Å². The molecule has 4 N–H and O–H groups in total. The van der Waals surface area contributed by atoms with Crippen LogP contribution in [0.25, 0.3) is 0 Å². The molecule has 1 amide bonds. The number of anilines is 1. The highest BCUT2D eigenvalue weighted by molar-refractivity contribution is 5.90. The van der Waals surface area contributed by atoms with E-state index in [2.05, 4.69) is 19.2 Å². The number of hydrogen-bond acceptors (Lipinski definition) is 3. The van der Waals surface area contributed by atoms with Gasteiger partial charge in [0, 0.05) is 18.2 Å².